The molecule has 1 fully saturated rings. The molecule has 0 atom stereocenters. The third kappa shape index (κ3) is 6.34. The zero-order chi connectivity index (χ0) is 20.6. The molecule has 1 heterocycles. The lowest BCUT2D eigenvalue weighted by Gasteiger charge is -2.31. The van der Waals surface area contributed by atoms with Crippen molar-refractivity contribution in [2.75, 3.05) is 30.7 Å². The zero-order valence-corrected chi connectivity index (χ0v) is 17.9. The molecular weight excluding hydrogens is 382 g/mol. The van der Waals surface area contributed by atoms with Crippen molar-refractivity contribution in [1.82, 2.24) is 10.2 Å². The number of nitrogens with zero attached hydrogens (tertiary/aromatic N) is 1. The number of carbonyl (C=O) groups is 2. The van der Waals surface area contributed by atoms with Gasteiger partial charge in [-0.25, -0.2) is 0 Å². The summed E-state index contributed by atoms with van der Waals surface area (Å²) < 4.78 is 0. The van der Waals surface area contributed by atoms with E-state index in [4.69, 9.17) is 0 Å². The average Bonchev–Trinajstić information content (AvgIpc) is 2.74. The van der Waals surface area contributed by atoms with Gasteiger partial charge in [-0.05, 0) is 50.6 Å². The summed E-state index contributed by atoms with van der Waals surface area (Å²) in [4.78, 5) is 28.3. The summed E-state index contributed by atoms with van der Waals surface area (Å²) in [5, 5.41) is 6.07. The van der Waals surface area contributed by atoms with Gasteiger partial charge in [0.1, 0.15) is 0 Å². The maximum absolute atomic E-state index is 12.8. The molecule has 0 saturated carbocycles. The molecule has 1 aliphatic heterocycles. The van der Waals surface area contributed by atoms with Gasteiger partial charge in [0, 0.05) is 29.7 Å². The Hall–Kier alpha value is -2.31. The third-order valence-electron chi connectivity index (χ3n) is 5.20. The van der Waals surface area contributed by atoms with E-state index in [1.165, 1.54) is 11.8 Å². The fraction of sp³-hybridized carbons (Fsp3) is 0.391. The van der Waals surface area contributed by atoms with Gasteiger partial charge in [0.05, 0.1) is 11.3 Å². The molecule has 2 amide bonds. The van der Waals surface area contributed by atoms with Crippen molar-refractivity contribution in [2.24, 2.45) is 0 Å². The van der Waals surface area contributed by atoms with Gasteiger partial charge in [0.15, 0.2) is 0 Å². The highest BCUT2D eigenvalue weighted by atomic mass is 32.2. The Balaban J connectivity index is 1.55. The number of rotatable bonds is 7. The topological polar surface area (TPSA) is 61.4 Å². The first-order valence-corrected chi connectivity index (χ1v) is 11.1. The average molecular weight is 412 g/mol. The van der Waals surface area contributed by atoms with E-state index in [0.717, 1.165) is 48.6 Å². The predicted octanol–water partition coefficient (Wildman–Crippen LogP) is 3.94. The number of hydrogen-bond donors (Lipinski definition) is 2. The van der Waals surface area contributed by atoms with E-state index in [9.17, 15) is 9.59 Å². The van der Waals surface area contributed by atoms with E-state index in [-0.39, 0.29) is 23.6 Å². The number of carbonyl (C=O) groups excluding carboxylic acids is 2. The molecule has 1 aliphatic rings. The van der Waals surface area contributed by atoms with Gasteiger partial charge in [-0.15, -0.1) is 11.8 Å². The SMILES string of the molecule is CCN1CCC(NC(=O)c2ccccc2SCC(=O)Nc2ccc(C)cc2)CC1. The van der Waals surface area contributed by atoms with Crippen molar-refractivity contribution < 1.29 is 9.59 Å². The minimum Gasteiger partial charge on any atom is -0.349 e. The van der Waals surface area contributed by atoms with E-state index in [1.54, 1.807) is 0 Å². The van der Waals surface area contributed by atoms with Crippen molar-refractivity contribution in [3.8, 4) is 0 Å². The van der Waals surface area contributed by atoms with Crippen LogP contribution < -0.4 is 10.6 Å². The number of anilines is 1. The summed E-state index contributed by atoms with van der Waals surface area (Å²) in [7, 11) is 0. The number of amides is 2. The molecule has 3 rings (SSSR count). The highest BCUT2D eigenvalue weighted by Crippen LogP contribution is 2.23. The summed E-state index contributed by atoms with van der Waals surface area (Å²) >= 11 is 1.39. The third-order valence-corrected chi connectivity index (χ3v) is 6.27. The normalized spacial score (nSPS) is 15.1. The fourth-order valence-corrected chi connectivity index (χ4v) is 4.26. The van der Waals surface area contributed by atoms with Crippen LogP contribution in [0.5, 0.6) is 0 Å². The summed E-state index contributed by atoms with van der Waals surface area (Å²) in [6.07, 6.45) is 1.96. The van der Waals surface area contributed by atoms with Crippen molar-refractivity contribution in [3.05, 3.63) is 59.7 Å². The second-order valence-electron chi connectivity index (χ2n) is 7.38. The Bertz CT molecular complexity index is 830. The molecule has 0 radical (unpaired) electrons. The minimum atomic E-state index is -0.0824. The minimum absolute atomic E-state index is 0.0537. The van der Waals surface area contributed by atoms with Crippen molar-refractivity contribution in [2.45, 2.75) is 37.6 Å². The van der Waals surface area contributed by atoms with Gasteiger partial charge in [-0.2, -0.15) is 0 Å². The standard InChI is InChI=1S/C23H29N3O2S/c1-3-26-14-12-19(13-15-26)25-23(28)20-6-4-5-7-21(20)29-16-22(27)24-18-10-8-17(2)9-11-18/h4-11,19H,3,12-16H2,1-2H3,(H,24,27)(H,25,28). The lowest BCUT2D eigenvalue weighted by molar-refractivity contribution is -0.113. The first-order chi connectivity index (χ1) is 14.0. The van der Waals surface area contributed by atoms with Crippen LogP contribution in [0.25, 0.3) is 0 Å². The van der Waals surface area contributed by atoms with Crippen LogP contribution in [-0.2, 0) is 4.79 Å². The molecule has 5 nitrogen and oxygen atoms in total. The number of aryl methyl sites for hydroxylation is 1. The van der Waals surface area contributed by atoms with E-state index >= 15 is 0 Å². The Kier molecular flexibility index (Phi) is 7.72. The lowest BCUT2D eigenvalue weighted by Crippen LogP contribution is -2.44. The summed E-state index contributed by atoms with van der Waals surface area (Å²) in [6.45, 7) is 7.29. The molecule has 29 heavy (non-hydrogen) atoms. The second kappa shape index (κ2) is 10.5. The molecule has 2 aromatic rings. The van der Waals surface area contributed by atoms with Crippen molar-refractivity contribution in [3.63, 3.8) is 0 Å². The van der Waals surface area contributed by atoms with E-state index in [2.05, 4.69) is 22.5 Å². The van der Waals surface area contributed by atoms with Crippen LogP contribution in [0, 0.1) is 6.92 Å². The van der Waals surface area contributed by atoms with E-state index < -0.39 is 0 Å². The first-order valence-electron chi connectivity index (χ1n) is 10.2. The summed E-state index contributed by atoms with van der Waals surface area (Å²) in [5.41, 5.74) is 2.57. The summed E-state index contributed by atoms with van der Waals surface area (Å²) in [5.74, 6) is 0.121. The highest BCUT2D eigenvalue weighted by molar-refractivity contribution is 8.00. The number of nitrogens with one attached hydrogen (secondary N) is 2. The Labute approximate surface area is 177 Å². The molecule has 0 spiro atoms. The van der Waals surface area contributed by atoms with Crippen LogP contribution >= 0.6 is 11.8 Å². The highest BCUT2D eigenvalue weighted by Gasteiger charge is 2.21. The monoisotopic (exact) mass is 411 g/mol. The Morgan fingerprint density at radius 2 is 1.76 bits per heavy atom. The molecule has 0 aliphatic carbocycles. The summed E-state index contributed by atoms with van der Waals surface area (Å²) in [6, 6.07) is 15.4. The van der Waals surface area contributed by atoms with Crippen LogP contribution in [-0.4, -0.2) is 48.1 Å². The maximum atomic E-state index is 12.8. The van der Waals surface area contributed by atoms with Gasteiger partial charge in [-0.3, -0.25) is 9.59 Å². The number of likely N-dealkylation sites (tertiary alicyclic amines) is 1. The smallest absolute Gasteiger partial charge is 0.252 e. The molecule has 6 heteroatoms. The molecule has 0 unspecified atom stereocenters. The van der Waals surface area contributed by atoms with Gasteiger partial charge in [0.2, 0.25) is 5.91 Å². The van der Waals surface area contributed by atoms with Gasteiger partial charge in [-0.1, -0.05) is 36.8 Å². The van der Waals surface area contributed by atoms with Crippen LogP contribution in [0.3, 0.4) is 0 Å². The predicted molar refractivity (Wildman–Crippen MR) is 120 cm³/mol. The van der Waals surface area contributed by atoms with E-state index in [1.807, 2.05) is 55.5 Å². The maximum Gasteiger partial charge on any atom is 0.252 e. The van der Waals surface area contributed by atoms with Crippen molar-refractivity contribution >= 4 is 29.3 Å². The number of piperidine rings is 1. The molecule has 2 aromatic carbocycles. The van der Waals surface area contributed by atoms with Crippen LogP contribution in [0.1, 0.15) is 35.7 Å². The van der Waals surface area contributed by atoms with Gasteiger partial charge >= 0.3 is 0 Å². The Morgan fingerprint density at radius 3 is 2.45 bits per heavy atom. The zero-order valence-electron chi connectivity index (χ0n) is 17.1. The molecule has 2 N–H and O–H groups in total. The van der Waals surface area contributed by atoms with Crippen LogP contribution in [0.15, 0.2) is 53.4 Å². The number of thioether (sulfide) groups is 1. The lowest BCUT2D eigenvalue weighted by atomic mass is 10.0. The molecule has 0 aromatic heterocycles. The molecular formula is C23H29N3O2S. The second-order valence-corrected chi connectivity index (χ2v) is 8.40. The number of benzene rings is 2. The fourth-order valence-electron chi connectivity index (χ4n) is 3.41. The Morgan fingerprint density at radius 1 is 1.07 bits per heavy atom. The molecule has 154 valence electrons. The van der Waals surface area contributed by atoms with E-state index in [0.29, 0.717) is 5.56 Å². The largest absolute Gasteiger partial charge is 0.349 e. The van der Waals surface area contributed by atoms with Crippen LogP contribution in [0.4, 0.5) is 5.69 Å². The molecule has 1 saturated heterocycles. The first kappa shape index (κ1) is 21.4. The van der Waals surface area contributed by atoms with Gasteiger partial charge in [0.25, 0.3) is 5.91 Å². The molecule has 0 bridgehead atoms. The van der Waals surface area contributed by atoms with Gasteiger partial charge < -0.3 is 15.5 Å². The van der Waals surface area contributed by atoms with Crippen LogP contribution in [0.2, 0.25) is 0 Å². The van der Waals surface area contributed by atoms with Crippen molar-refractivity contribution in [1.29, 1.82) is 0 Å². The number of hydrogen-bond acceptors (Lipinski definition) is 4. The quantitative estimate of drug-likeness (QED) is 0.678.